The summed E-state index contributed by atoms with van der Waals surface area (Å²) in [4.78, 5) is 23.9. The van der Waals surface area contributed by atoms with Crippen LogP contribution < -0.4 is 0 Å². The lowest BCUT2D eigenvalue weighted by Crippen LogP contribution is -2.07. The first-order valence-electron chi connectivity index (χ1n) is 5.46. The second-order valence-electron chi connectivity index (χ2n) is 3.59. The van der Waals surface area contributed by atoms with Gasteiger partial charge in [-0.3, -0.25) is 18.2 Å². The number of ketones is 2. The summed E-state index contributed by atoms with van der Waals surface area (Å²) in [6.07, 6.45) is -0.218. The van der Waals surface area contributed by atoms with Gasteiger partial charge in [0.05, 0.1) is 11.3 Å². The topological polar surface area (TPSA) is 34.1 Å². The fraction of sp³-hybridized carbons (Fsp3) is 0.0769. The first kappa shape index (κ1) is 16.2. The molecule has 0 fully saturated rings. The quantitative estimate of drug-likeness (QED) is 0.488. The van der Waals surface area contributed by atoms with Crippen LogP contribution >= 0.6 is 11.3 Å². The molecule has 0 N–H and O–H groups in total. The second-order valence-corrected chi connectivity index (χ2v) is 4.54. The maximum atomic E-state index is 12.9. The van der Waals surface area contributed by atoms with E-state index in [1.54, 1.807) is 17.5 Å². The van der Waals surface area contributed by atoms with Crippen LogP contribution in [0.1, 0.15) is 26.5 Å². The fourth-order valence-corrected chi connectivity index (χ4v) is 2.10. The highest BCUT2D eigenvalue weighted by atomic mass is 32.1. The highest BCUT2D eigenvalue weighted by Gasteiger charge is 2.14. The molecule has 0 atom stereocenters. The SMILES string of the molecule is F[B]F.O=C(CC(=O)c1cccs1)c1cccc(F)c1. The van der Waals surface area contributed by atoms with Crippen LogP contribution in [-0.4, -0.2) is 19.4 Å². The number of carbonyl (C=O) groups excluding carboxylic acids is 2. The molecule has 0 aliphatic heterocycles. The first-order chi connectivity index (χ1) is 9.58. The normalized spacial score (nSPS) is 9.35. The third kappa shape index (κ3) is 5.01. The molecule has 1 heterocycles. The molecule has 0 spiro atoms. The van der Waals surface area contributed by atoms with Gasteiger partial charge in [-0.05, 0) is 23.6 Å². The lowest BCUT2D eigenvalue weighted by atomic mass is 10.1. The van der Waals surface area contributed by atoms with Crippen molar-refractivity contribution in [3.63, 3.8) is 0 Å². The van der Waals surface area contributed by atoms with E-state index in [4.69, 9.17) is 0 Å². The number of halogens is 3. The van der Waals surface area contributed by atoms with Gasteiger partial charge >= 0.3 is 7.83 Å². The predicted molar refractivity (Wildman–Crippen MR) is 72.0 cm³/mol. The Morgan fingerprint density at radius 1 is 1.10 bits per heavy atom. The Balaban J connectivity index is 0.000000612. The second kappa shape index (κ2) is 8.32. The van der Waals surface area contributed by atoms with Crippen LogP contribution in [0.15, 0.2) is 41.8 Å². The molecule has 0 amide bonds. The predicted octanol–water partition coefficient (Wildman–Crippen LogP) is 3.80. The van der Waals surface area contributed by atoms with Gasteiger partial charge in [0.2, 0.25) is 0 Å². The summed E-state index contributed by atoms with van der Waals surface area (Å²) in [6, 6.07) is 8.80. The maximum Gasteiger partial charge on any atom is 0.577 e. The molecule has 1 aromatic carbocycles. The number of benzene rings is 1. The molecule has 1 aromatic heterocycles. The number of carbonyl (C=O) groups is 2. The highest BCUT2D eigenvalue weighted by Crippen LogP contribution is 2.14. The van der Waals surface area contributed by atoms with E-state index in [0.29, 0.717) is 4.88 Å². The van der Waals surface area contributed by atoms with Crippen molar-refractivity contribution in [1.29, 1.82) is 0 Å². The van der Waals surface area contributed by atoms with Gasteiger partial charge in [-0.2, -0.15) is 0 Å². The van der Waals surface area contributed by atoms with E-state index in [2.05, 4.69) is 0 Å². The molecule has 0 bridgehead atoms. The zero-order valence-corrected chi connectivity index (χ0v) is 11.0. The molecule has 1 radical (unpaired) electrons. The Kier molecular flexibility index (Phi) is 6.73. The minimum atomic E-state index is -1.00. The third-order valence-corrected chi connectivity index (χ3v) is 3.17. The molecule has 0 saturated heterocycles. The van der Waals surface area contributed by atoms with Gasteiger partial charge in [-0.25, -0.2) is 4.39 Å². The summed E-state index contributed by atoms with van der Waals surface area (Å²) in [5, 5.41) is 1.78. The monoisotopic (exact) mass is 297 g/mol. The summed E-state index contributed by atoms with van der Waals surface area (Å²) in [7, 11) is -1.00. The van der Waals surface area contributed by atoms with Gasteiger partial charge in [0.15, 0.2) is 11.6 Å². The fourth-order valence-electron chi connectivity index (χ4n) is 1.43. The van der Waals surface area contributed by atoms with E-state index in [1.165, 1.54) is 29.5 Å². The van der Waals surface area contributed by atoms with Crippen molar-refractivity contribution in [2.24, 2.45) is 0 Å². The minimum absolute atomic E-state index is 0.218. The zero-order chi connectivity index (χ0) is 15.0. The largest absolute Gasteiger partial charge is 0.577 e. The number of Topliss-reactive ketones (excluding diaryl/α,β-unsaturated/α-hetero) is 2. The Bertz CT molecular complexity index is 573. The smallest absolute Gasteiger partial charge is 0.294 e. The molecule has 2 aromatic rings. The summed E-state index contributed by atoms with van der Waals surface area (Å²) in [5.41, 5.74) is 0.231. The van der Waals surface area contributed by atoms with Crippen LogP contribution in [0.3, 0.4) is 0 Å². The Morgan fingerprint density at radius 3 is 2.35 bits per heavy atom. The standard InChI is InChI=1S/C13H9FO2S.BF2/c14-10-4-1-3-9(7-10)11(15)8-12(16)13-5-2-6-17-13;2-1-3/h1-7H,8H2;. The van der Waals surface area contributed by atoms with E-state index < -0.39 is 13.7 Å². The lowest BCUT2D eigenvalue weighted by molar-refractivity contribution is 0.0896. The highest BCUT2D eigenvalue weighted by molar-refractivity contribution is 7.12. The minimum Gasteiger partial charge on any atom is -0.294 e. The maximum absolute atomic E-state index is 12.9. The van der Waals surface area contributed by atoms with Crippen LogP contribution in [-0.2, 0) is 0 Å². The Morgan fingerprint density at radius 2 is 1.80 bits per heavy atom. The summed E-state index contributed by atoms with van der Waals surface area (Å²) >= 11 is 1.30. The molecule has 2 nitrogen and oxygen atoms in total. The molecule has 0 saturated carbocycles. The number of hydrogen-bond acceptors (Lipinski definition) is 3. The Labute approximate surface area is 118 Å². The van der Waals surface area contributed by atoms with Crippen molar-refractivity contribution >= 4 is 30.7 Å². The molecular weight excluding hydrogens is 288 g/mol. The lowest BCUT2D eigenvalue weighted by Gasteiger charge is -1.99. The van der Waals surface area contributed by atoms with Crippen LogP contribution in [0.4, 0.5) is 13.0 Å². The number of rotatable bonds is 4. The average molecular weight is 297 g/mol. The van der Waals surface area contributed by atoms with Crippen molar-refractivity contribution in [3.8, 4) is 0 Å². The van der Waals surface area contributed by atoms with Crippen molar-refractivity contribution in [3.05, 3.63) is 58.0 Å². The van der Waals surface area contributed by atoms with Gasteiger partial charge in [0, 0.05) is 5.56 Å². The van der Waals surface area contributed by atoms with Gasteiger partial charge in [0.1, 0.15) is 5.82 Å². The summed E-state index contributed by atoms with van der Waals surface area (Å²) in [5.74, 6) is -1.06. The molecule has 0 aliphatic rings. The molecule has 2 rings (SSSR count). The molecule has 103 valence electrons. The van der Waals surface area contributed by atoms with Gasteiger partial charge in [-0.1, -0.05) is 18.2 Å². The van der Waals surface area contributed by atoms with Crippen molar-refractivity contribution in [2.45, 2.75) is 6.42 Å². The molecule has 0 unspecified atom stereocenters. The van der Waals surface area contributed by atoms with Gasteiger partial charge < -0.3 is 0 Å². The van der Waals surface area contributed by atoms with Gasteiger partial charge in [0.25, 0.3) is 0 Å². The van der Waals surface area contributed by atoms with E-state index in [0.717, 1.165) is 6.07 Å². The van der Waals surface area contributed by atoms with E-state index in [9.17, 15) is 22.6 Å². The van der Waals surface area contributed by atoms with Crippen LogP contribution in [0, 0.1) is 5.82 Å². The van der Waals surface area contributed by atoms with Crippen molar-refractivity contribution < 1.29 is 22.6 Å². The summed E-state index contributed by atoms with van der Waals surface area (Å²) in [6.45, 7) is 0. The van der Waals surface area contributed by atoms with E-state index in [-0.39, 0.29) is 23.6 Å². The average Bonchev–Trinajstić information content (AvgIpc) is 2.93. The van der Waals surface area contributed by atoms with Crippen molar-refractivity contribution in [2.75, 3.05) is 0 Å². The van der Waals surface area contributed by atoms with Crippen LogP contribution in [0.25, 0.3) is 0 Å². The molecule has 0 aliphatic carbocycles. The third-order valence-electron chi connectivity index (χ3n) is 2.26. The molecule has 7 heteroatoms. The van der Waals surface area contributed by atoms with E-state index >= 15 is 0 Å². The van der Waals surface area contributed by atoms with Gasteiger partial charge in [-0.15, -0.1) is 11.3 Å². The van der Waals surface area contributed by atoms with Crippen LogP contribution in [0.2, 0.25) is 0 Å². The Hall–Kier alpha value is -1.89. The molecule has 20 heavy (non-hydrogen) atoms. The van der Waals surface area contributed by atoms with Crippen LogP contribution in [0.5, 0.6) is 0 Å². The number of hydrogen-bond donors (Lipinski definition) is 0. The van der Waals surface area contributed by atoms with E-state index in [1.807, 2.05) is 0 Å². The molecular formula is C13H9BF3O2S. The zero-order valence-electron chi connectivity index (χ0n) is 10.2. The van der Waals surface area contributed by atoms with Crippen molar-refractivity contribution in [1.82, 2.24) is 0 Å². The first-order valence-corrected chi connectivity index (χ1v) is 6.34. The number of thiophene rings is 1. The summed E-state index contributed by atoms with van der Waals surface area (Å²) < 4.78 is 31.9.